The number of methoxy groups -OCH3 is 1. The van der Waals surface area contributed by atoms with Crippen LogP contribution in [0.3, 0.4) is 0 Å². The van der Waals surface area contributed by atoms with Gasteiger partial charge in [-0.3, -0.25) is 0 Å². The summed E-state index contributed by atoms with van der Waals surface area (Å²) in [6.45, 7) is 3.62. The van der Waals surface area contributed by atoms with E-state index in [9.17, 15) is 0 Å². The molecule has 0 aliphatic heterocycles. The topological polar surface area (TPSA) is 59.1 Å². The second-order valence-corrected chi connectivity index (χ2v) is 4.41. The minimum absolute atomic E-state index is 0.582. The van der Waals surface area contributed by atoms with Crippen LogP contribution >= 0.6 is 0 Å². The smallest absolute Gasteiger partial charge is 0.225 e. The number of ether oxygens (including phenoxy) is 1. The Kier molecular flexibility index (Phi) is 4.14. The monoisotopic (exact) mass is 236 g/mol. The van der Waals surface area contributed by atoms with E-state index in [1.165, 1.54) is 12.8 Å². The standard InChI is InChI=1S/C12H20N4O/c1-9-8-11(13-6-3-7-17-2)16-12(14-9)15-10-4-5-10/h8,10H,3-7H2,1-2H3,(H2,13,14,15,16). The first kappa shape index (κ1) is 12.1. The van der Waals surface area contributed by atoms with Gasteiger partial charge in [0.05, 0.1) is 0 Å². The third kappa shape index (κ3) is 4.19. The highest BCUT2D eigenvalue weighted by Gasteiger charge is 2.22. The normalized spacial score (nSPS) is 14.7. The fourth-order valence-electron chi connectivity index (χ4n) is 1.57. The zero-order chi connectivity index (χ0) is 12.1. The van der Waals surface area contributed by atoms with Crippen LogP contribution in [-0.4, -0.2) is 36.3 Å². The van der Waals surface area contributed by atoms with Gasteiger partial charge in [-0.1, -0.05) is 0 Å². The average molecular weight is 236 g/mol. The van der Waals surface area contributed by atoms with Crippen LogP contribution < -0.4 is 10.6 Å². The van der Waals surface area contributed by atoms with Crippen LogP contribution in [0.25, 0.3) is 0 Å². The quantitative estimate of drug-likeness (QED) is 0.707. The van der Waals surface area contributed by atoms with Gasteiger partial charge in [-0.2, -0.15) is 4.98 Å². The van der Waals surface area contributed by atoms with Gasteiger partial charge in [-0.15, -0.1) is 0 Å². The lowest BCUT2D eigenvalue weighted by molar-refractivity contribution is 0.198. The minimum Gasteiger partial charge on any atom is -0.385 e. The van der Waals surface area contributed by atoms with Crippen LogP contribution in [-0.2, 0) is 4.74 Å². The summed E-state index contributed by atoms with van der Waals surface area (Å²) in [5.74, 6) is 1.62. The van der Waals surface area contributed by atoms with Crippen molar-refractivity contribution in [2.45, 2.75) is 32.2 Å². The van der Waals surface area contributed by atoms with Gasteiger partial charge in [0.1, 0.15) is 5.82 Å². The van der Waals surface area contributed by atoms with Crippen LogP contribution in [0.2, 0.25) is 0 Å². The molecule has 1 aromatic rings. The Morgan fingerprint density at radius 2 is 2.24 bits per heavy atom. The van der Waals surface area contributed by atoms with Crippen LogP contribution in [0.1, 0.15) is 25.0 Å². The molecule has 17 heavy (non-hydrogen) atoms. The Hall–Kier alpha value is -1.36. The SMILES string of the molecule is COCCCNc1cc(C)nc(NC2CC2)n1. The third-order valence-electron chi connectivity index (χ3n) is 2.60. The fourth-order valence-corrected chi connectivity index (χ4v) is 1.57. The Bertz CT molecular complexity index is 366. The zero-order valence-corrected chi connectivity index (χ0v) is 10.5. The Morgan fingerprint density at radius 3 is 2.94 bits per heavy atom. The number of nitrogens with one attached hydrogen (secondary N) is 2. The van der Waals surface area contributed by atoms with Crippen molar-refractivity contribution in [3.63, 3.8) is 0 Å². The number of aryl methyl sites for hydroxylation is 1. The lowest BCUT2D eigenvalue weighted by Crippen LogP contribution is -2.10. The van der Waals surface area contributed by atoms with Crippen molar-refractivity contribution in [1.29, 1.82) is 0 Å². The highest BCUT2D eigenvalue weighted by atomic mass is 16.5. The van der Waals surface area contributed by atoms with E-state index in [4.69, 9.17) is 4.74 Å². The highest BCUT2D eigenvalue weighted by molar-refractivity contribution is 5.42. The molecular formula is C12H20N4O. The molecule has 94 valence electrons. The van der Waals surface area contributed by atoms with Gasteiger partial charge < -0.3 is 15.4 Å². The first-order valence-electron chi connectivity index (χ1n) is 6.13. The van der Waals surface area contributed by atoms with Crippen molar-refractivity contribution < 1.29 is 4.74 Å². The first-order chi connectivity index (χ1) is 8.28. The molecule has 1 aromatic heterocycles. The summed E-state index contributed by atoms with van der Waals surface area (Å²) in [5.41, 5.74) is 0.984. The maximum atomic E-state index is 5.00. The van der Waals surface area contributed by atoms with E-state index in [-0.39, 0.29) is 0 Å². The molecule has 2 rings (SSSR count). The average Bonchev–Trinajstić information content (AvgIpc) is 3.07. The van der Waals surface area contributed by atoms with Crippen LogP contribution in [0, 0.1) is 6.92 Å². The maximum absolute atomic E-state index is 5.00. The molecule has 2 N–H and O–H groups in total. The summed E-state index contributed by atoms with van der Waals surface area (Å²) in [5, 5.41) is 6.59. The predicted molar refractivity (Wildman–Crippen MR) is 68.4 cm³/mol. The molecule has 0 unspecified atom stereocenters. The molecule has 1 heterocycles. The summed E-state index contributed by atoms with van der Waals surface area (Å²) >= 11 is 0. The zero-order valence-electron chi connectivity index (χ0n) is 10.5. The summed E-state index contributed by atoms with van der Waals surface area (Å²) in [7, 11) is 1.71. The van der Waals surface area contributed by atoms with E-state index < -0.39 is 0 Å². The largest absolute Gasteiger partial charge is 0.385 e. The number of hydrogen-bond donors (Lipinski definition) is 2. The van der Waals surface area contributed by atoms with Gasteiger partial charge in [0.25, 0.3) is 0 Å². The fraction of sp³-hybridized carbons (Fsp3) is 0.667. The van der Waals surface area contributed by atoms with E-state index in [1.807, 2.05) is 13.0 Å². The molecule has 0 bridgehead atoms. The van der Waals surface area contributed by atoms with Crippen molar-refractivity contribution >= 4 is 11.8 Å². The summed E-state index contributed by atoms with van der Waals surface area (Å²) in [6, 6.07) is 2.54. The maximum Gasteiger partial charge on any atom is 0.225 e. The second kappa shape index (κ2) is 5.82. The van der Waals surface area contributed by atoms with E-state index >= 15 is 0 Å². The van der Waals surface area contributed by atoms with E-state index in [0.29, 0.717) is 6.04 Å². The van der Waals surface area contributed by atoms with Crippen LogP contribution in [0.15, 0.2) is 6.07 Å². The number of hydrogen-bond acceptors (Lipinski definition) is 5. The molecule has 5 heteroatoms. The lowest BCUT2D eigenvalue weighted by atomic mass is 10.4. The van der Waals surface area contributed by atoms with Gasteiger partial charge in [0, 0.05) is 38.1 Å². The number of nitrogens with zero attached hydrogens (tertiary/aromatic N) is 2. The van der Waals surface area contributed by atoms with E-state index in [1.54, 1.807) is 7.11 Å². The van der Waals surface area contributed by atoms with Gasteiger partial charge in [0.15, 0.2) is 0 Å². The van der Waals surface area contributed by atoms with Crippen molar-refractivity contribution in [2.75, 3.05) is 30.9 Å². The molecule has 0 aromatic carbocycles. The molecule has 0 radical (unpaired) electrons. The summed E-state index contributed by atoms with van der Waals surface area (Å²) < 4.78 is 5.00. The highest BCUT2D eigenvalue weighted by Crippen LogP contribution is 2.23. The molecule has 0 saturated heterocycles. The number of aromatic nitrogens is 2. The van der Waals surface area contributed by atoms with Crippen molar-refractivity contribution in [3.05, 3.63) is 11.8 Å². The van der Waals surface area contributed by atoms with Crippen molar-refractivity contribution in [3.8, 4) is 0 Å². The van der Waals surface area contributed by atoms with Gasteiger partial charge in [-0.25, -0.2) is 4.98 Å². The Morgan fingerprint density at radius 1 is 1.41 bits per heavy atom. The lowest BCUT2D eigenvalue weighted by Gasteiger charge is -2.09. The minimum atomic E-state index is 0.582. The molecule has 1 saturated carbocycles. The third-order valence-corrected chi connectivity index (χ3v) is 2.60. The molecule has 1 aliphatic rings. The van der Waals surface area contributed by atoms with Gasteiger partial charge in [0.2, 0.25) is 5.95 Å². The van der Waals surface area contributed by atoms with Gasteiger partial charge in [-0.05, 0) is 26.2 Å². The molecule has 1 aliphatic carbocycles. The Labute approximate surface area is 102 Å². The van der Waals surface area contributed by atoms with Crippen molar-refractivity contribution in [1.82, 2.24) is 9.97 Å². The molecule has 0 amide bonds. The number of anilines is 2. The number of rotatable bonds is 7. The molecule has 0 atom stereocenters. The Balaban J connectivity index is 1.88. The molecule has 0 spiro atoms. The van der Waals surface area contributed by atoms with Gasteiger partial charge >= 0.3 is 0 Å². The van der Waals surface area contributed by atoms with Crippen molar-refractivity contribution in [2.24, 2.45) is 0 Å². The van der Waals surface area contributed by atoms with E-state index in [2.05, 4.69) is 20.6 Å². The first-order valence-corrected chi connectivity index (χ1v) is 6.13. The van der Waals surface area contributed by atoms with Crippen LogP contribution in [0.5, 0.6) is 0 Å². The van der Waals surface area contributed by atoms with E-state index in [0.717, 1.165) is 37.0 Å². The summed E-state index contributed by atoms with van der Waals surface area (Å²) in [6.07, 6.45) is 3.44. The molecular weight excluding hydrogens is 216 g/mol. The summed E-state index contributed by atoms with van der Waals surface area (Å²) in [4.78, 5) is 8.81. The molecule has 5 nitrogen and oxygen atoms in total. The second-order valence-electron chi connectivity index (χ2n) is 4.41. The van der Waals surface area contributed by atoms with Crippen LogP contribution in [0.4, 0.5) is 11.8 Å². The predicted octanol–water partition coefficient (Wildman–Crippen LogP) is 1.81. The molecule has 1 fully saturated rings.